The van der Waals surface area contributed by atoms with Crippen molar-refractivity contribution >= 4 is 11.8 Å². The fourth-order valence-electron chi connectivity index (χ4n) is 2.41. The van der Waals surface area contributed by atoms with E-state index in [2.05, 4.69) is 11.8 Å². The smallest absolute Gasteiger partial charge is 0.0821 e. The number of methoxy groups -OCH3 is 1. The molecule has 70 valence electrons. The van der Waals surface area contributed by atoms with Crippen LogP contribution < -0.4 is 5.73 Å². The molecule has 0 aromatic rings. The molecule has 2 aliphatic heterocycles. The van der Waals surface area contributed by atoms with Crippen LogP contribution in [0, 0.1) is 0 Å². The topological polar surface area (TPSA) is 35.2 Å². The maximum Gasteiger partial charge on any atom is 0.0821 e. The highest BCUT2D eigenvalue weighted by Crippen LogP contribution is 2.48. The molecule has 0 spiro atoms. The molecule has 0 aliphatic carbocycles. The number of thioether (sulfide) groups is 1. The maximum atomic E-state index is 5.77. The molecule has 0 saturated carbocycles. The molecule has 0 aromatic carbocycles. The molecule has 12 heavy (non-hydrogen) atoms. The van der Waals surface area contributed by atoms with E-state index < -0.39 is 0 Å². The lowest BCUT2D eigenvalue weighted by molar-refractivity contribution is -0.0156. The van der Waals surface area contributed by atoms with E-state index in [-0.39, 0.29) is 5.60 Å². The first-order chi connectivity index (χ1) is 5.78. The van der Waals surface area contributed by atoms with Crippen LogP contribution in [0.3, 0.4) is 0 Å². The number of hydrogen-bond acceptors (Lipinski definition) is 3. The summed E-state index contributed by atoms with van der Waals surface area (Å²) < 4.78 is 5.57. The van der Waals surface area contributed by atoms with Crippen molar-refractivity contribution in [1.29, 1.82) is 0 Å². The first-order valence-electron chi connectivity index (χ1n) is 4.69. The lowest BCUT2D eigenvalue weighted by Gasteiger charge is -2.38. The molecule has 0 aromatic heterocycles. The van der Waals surface area contributed by atoms with E-state index in [4.69, 9.17) is 10.5 Å². The van der Waals surface area contributed by atoms with Gasteiger partial charge in [-0.25, -0.2) is 0 Å². The first-order valence-corrected chi connectivity index (χ1v) is 5.63. The fourth-order valence-corrected chi connectivity index (χ4v) is 4.30. The van der Waals surface area contributed by atoms with Gasteiger partial charge < -0.3 is 10.5 Å². The number of ether oxygens (including phenoxy) is 1. The van der Waals surface area contributed by atoms with Gasteiger partial charge in [0.1, 0.15) is 0 Å². The van der Waals surface area contributed by atoms with Crippen molar-refractivity contribution in [1.82, 2.24) is 0 Å². The van der Waals surface area contributed by atoms with Gasteiger partial charge in [0.05, 0.1) is 5.60 Å². The van der Waals surface area contributed by atoms with E-state index in [9.17, 15) is 0 Å². The van der Waals surface area contributed by atoms with Crippen LogP contribution in [0.15, 0.2) is 0 Å². The molecular formula is C9H17NOS. The third-order valence-electron chi connectivity index (χ3n) is 3.20. The molecule has 2 heterocycles. The predicted octanol–water partition coefficient (Wildman–Crippen LogP) is 1.39. The summed E-state index contributed by atoms with van der Waals surface area (Å²) in [5.74, 6) is 0. The Labute approximate surface area is 78.2 Å². The molecule has 2 fully saturated rings. The minimum Gasteiger partial charge on any atom is -0.377 e. The van der Waals surface area contributed by atoms with Gasteiger partial charge in [0.2, 0.25) is 0 Å². The molecule has 0 amide bonds. The molecule has 2 atom stereocenters. The van der Waals surface area contributed by atoms with Crippen molar-refractivity contribution in [2.45, 2.75) is 41.8 Å². The normalized spacial score (nSPS) is 46.5. The Hall–Kier alpha value is 0.270. The molecule has 2 N–H and O–H groups in total. The van der Waals surface area contributed by atoms with Gasteiger partial charge in [-0.05, 0) is 25.7 Å². The van der Waals surface area contributed by atoms with Gasteiger partial charge >= 0.3 is 0 Å². The van der Waals surface area contributed by atoms with Crippen LogP contribution in [-0.4, -0.2) is 29.8 Å². The van der Waals surface area contributed by atoms with E-state index in [1.54, 1.807) is 0 Å². The second-order valence-corrected chi connectivity index (χ2v) is 5.56. The van der Waals surface area contributed by atoms with Crippen molar-refractivity contribution in [2.75, 3.05) is 13.7 Å². The van der Waals surface area contributed by atoms with Gasteiger partial charge in [-0.15, -0.1) is 0 Å². The van der Waals surface area contributed by atoms with Gasteiger partial charge in [-0.3, -0.25) is 0 Å². The van der Waals surface area contributed by atoms with E-state index >= 15 is 0 Å². The van der Waals surface area contributed by atoms with E-state index in [0.29, 0.717) is 6.54 Å². The van der Waals surface area contributed by atoms with Crippen LogP contribution in [0.1, 0.15) is 25.7 Å². The second-order valence-electron chi connectivity index (χ2n) is 3.96. The lowest BCUT2D eigenvalue weighted by atomic mass is 9.93. The highest BCUT2D eigenvalue weighted by molar-refractivity contribution is 8.00. The average Bonchev–Trinajstić information content (AvgIpc) is 2.46. The minimum atomic E-state index is 0.0249. The predicted molar refractivity (Wildman–Crippen MR) is 52.4 cm³/mol. The van der Waals surface area contributed by atoms with Crippen molar-refractivity contribution in [3.63, 3.8) is 0 Å². The summed E-state index contributed by atoms with van der Waals surface area (Å²) in [6.45, 7) is 0.692. The molecule has 2 rings (SSSR count). The van der Waals surface area contributed by atoms with E-state index in [1.165, 1.54) is 25.7 Å². The summed E-state index contributed by atoms with van der Waals surface area (Å²) in [4.78, 5) is 0. The number of nitrogens with two attached hydrogens (primary N) is 1. The third kappa shape index (κ3) is 1.38. The summed E-state index contributed by atoms with van der Waals surface area (Å²) in [7, 11) is 1.81. The monoisotopic (exact) mass is 187 g/mol. The fraction of sp³-hybridized carbons (Fsp3) is 1.00. The summed E-state index contributed by atoms with van der Waals surface area (Å²) in [6.07, 6.45) is 5.09. The molecule has 2 saturated heterocycles. The van der Waals surface area contributed by atoms with Gasteiger partial charge in [-0.1, -0.05) is 0 Å². The Balaban J connectivity index is 2.08. The molecule has 2 aliphatic rings. The largest absolute Gasteiger partial charge is 0.377 e. The first kappa shape index (κ1) is 8.85. The minimum absolute atomic E-state index is 0.0249. The van der Waals surface area contributed by atoms with E-state index in [0.717, 1.165) is 10.5 Å². The van der Waals surface area contributed by atoms with Crippen molar-refractivity contribution < 1.29 is 4.74 Å². The lowest BCUT2D eigenvalue weighted by Crippen LogP contribution is -2.45. The number of rotatable bonds is 2. The highest BCUT2D eigenvalue weighted by Gasteiger charge is 2.43. The van der Waals surface area contributed by atoms with Crippen LogP contribution >= 0.6 is 11.8 Å². The third-order valence-corrected chi connectivity index (χ3v) is 4.77. The highest BCUT2D eigenvalue weighted by atomic mass is 32.2. The molecule has 2 nitrogen and oxygen atoms in total. The second kappa shape index (κ2) is 3.20. The molecular weight excluding hydrogens is 170 g/mol. The van der Waals surface area contributed by atoms with Crippen LogP contribution in [-0.2, 0) is 4.74 Å². The zero-order valence-corrected chi connectivity index (χ0v) is 8.40. The van der Waals surface area contributed by atoms with Gasteiger partial charge in [0.25, 0.3) is 0 Å². The Kier molecular flexibility index (Phi) is 2.36. The summed E-state index contributed by atoms with van der Waals surface area (Å²) in [5, 5.41) is 1.65. The van der Waals surface area contributed by atoms with Gasteiger partial charge in [0.15, 0.2) is 0 Å². The Bertz CT molecular complexity index is 156. The van der Waals surface area contributed by atoms with Crippen molar-refractivity contribution in [2.24, 2.45) is 5.73 Å². The Morgan fingerprint density at radius 3 is 2.42 bits per heavy atom. The zero-order valence-electron chi connectivity index (χ0n) is 7.58. The Morgan fingerprint density at radius 1 is 1.42 bits per heavy atom. The zero-order chi connectivity index (χ0) is 8.60. The quantitative estimate of drug-likeness (QED) is 0.709. The van der Waals surface area contributed by atoms with Crippen LogP contribution in [0.2, 0.25) is 0 Å². The molecule has 0 radical (unpaired) electrons. The van der Waals surface area contributed by atoms with Gasteiger partial charge in [0, 0.05) is 24.2 Å². The summed E-state index contributed by atoms with van der Waals surface area (Å²) >= 11 is 2.15. The molecule has 3 heteroatoms. The molecule has 2 bridgehead atoms. The van der Waals surface area contributed by atoms with Gasteiger partial charge in [-0.2, -0.15) is 11.8 Å². The van der Waals surface area contributed by atoms with Crippen molar-refractivity contribution in [3.05, 3.63) is 0 Å². The molecule has 2 unspecified atom stereocenters. The van der Waals surface area contributed by atoms with Crippen LogP contribution in [0.25, 0.3) is 0 Å². The Morgan fingerprint density at radius 2 is 2.00 bits per heavy atom. The van der Waals surface area contributed by atoms with Crippen LogP contribution in [0.4, 0.5) is 0 Å². The van der Waals surface area contributed by atoms with Crippen molar-refractivity contribution in [3.8, 4) is 0 Å². The number of hydrogen-bond donors (Lipinski definition) is 1. The maximum absolute atomic E-state index is 5.77. The summed E-state index contributed by atoms with van der Waals surface area (Å²) in [6, 6.07) is 0. The number of fused-ring (bicyclic) bond motifs is 2. The van der Waals surface area contributed by atoms with Crippen LogP contribution in [0.5, 0.6) is 0 Å². The summed E-state index contributed by atoms with van der Waals surface area (Å²) in [5.41, 5.74) is 5.79. The average molecular weight is 187 g/mol. The van der Waals surface area contributed by atoms with E-state index in [1.807, 2.05) is 7.11 Å². The SMILES string of the molecule is COC1(CN)CC2CCC(C1)S2. The standard InChI is InChI=1S/C9H17NOS/c1-11-9(6-10)4-7-2-3-8(5-9)12-7/h7-8H,2-6,10H2,1H3.